The summed E-state index contributed by atoms with van der Waals surface area (Å²) in [5.41, 5.74) is 1.30. The van der Waals surface area contributed by atoms with Crippen LogP contribution in [0.2, 0.25) is 0 Å². The number of aromatic nitrogens is 3. The summed E-state index contributed by atoms with van der Waals surface area (Å²) in [6, 6.07) is 8.33. The van der Waals surface area contributed by atoms with E-state index in [1.54, 1.807) is 17.0 Å². The molecule has 0 aliphatic carbocycles. The largest absolute Gasteiger partial charge is 0.522 e. The standard InChI is InChI=1S/C27H30F3N5O6S/c1-3-42(38,39)22-8-9-23(31-13-22)24(15-36)34-25(37)18-11-32-26(33-12-18)35-14-21(10-19(35)16-40-27(28,29)30)41-20-6-4-17(2)5-7-20/h4-9,11-13,19,21,24,36H,3,10,14-16H2,1-2H3,(H,34,37)/t19-,21?,24-/m0/s1. The Morgan fingerprint density at radius 3 is 2.38 bits per heavy atom. The fraction of sp³-hybridized carbons (Fsp3) is 0.407. The van der Waals surface area contributed by atoms with E-state index < -0.39 is 53.5 Å². The van der Waals surface area contributed by atoms with Gasteiger partial charge in [-0.3, -0.25) is 14.5 Å². The van der Waals surface area contributed by atoms with Crippen LogP contribution in [0.5, 0.6) is 5.75 Å². The van der Waals surface area contributed by atoms with Crippen LogP contribution in [-0.4, -0.2) is 78.4 Å². The van der Waals surface area contributed by atoms with Gasteiger partial charge in [-0.1, -0.05) is 24.6 Å². The second kappa shape index (κ2) is 13.0. The molecule has 1 unspecified atom stereocenters. The maximum Gasteiger partial charge on any atom is 0.522 e. The second-order valence-corrected chi connectivity index (χ2v) is 11.9. The summed E-state index contributed by atoms with van der Waals surface area (Å²) in [6.45, 7) is 2.44. The van der Waals surface area contributed by atoms with Gasteiger partial charge in [0.1, 0.15) is 11.9 Å². The maximum atomic E-state index is 12.8. The van der Waals surface area contributed by atoms with Crippen LogP contribution in [0.3, 0.4) is 0 Å². The summed E-state index contributed by atoms with van der Waals surface area (Å²) in [5, 5.41) is 12.4. The molecule has 1 aliphatic rings. The summed E-state index contributed by atoms with van der Waals surface area (Å²) in [4.78, 5) is 26.9. The predicted octanol–water partition coefficient (Wildman–Crippen LogP) is 3.00. The minimum Gasteiger partial charge on any atom is -0.489 e. The molecule has 1 aromatic carbocycles. The fourth-order valence-electron chi connectivity index (χ4n) is 4.35. The molecule has 2 N–H and O–H groups in total. The number of pyridine rings is 1. The normalized spacial score (nSPS) is 18.1. The number of carbonyl (C=O) groups excluding carboxylic acids is 1. The van der Waals surface area contributed by atoms with E-state index >= 15 is 0 Å². The lowest BCUT2D eigenvalue weighted by Gasteiger charge is -2.24. The number of aliphatic hydroxyl groups is 1. The highest BCUT2D eigenvalue weighted by Crippen LogP contribution is 2.28. The molecule has 1 amide bonds. The lowest BCUT2D eigenvalue weighted by atomic mass is 10.2. The zero-order chi connectivity index (χ0) is 30.5. The van der Waals surface area contributed by atoms with Crippen molar-refractivity contribution in [3.63, 3.8) is 0 Å². The Balaban J connectivity index is 1.45. The van der Waals surface area contributed by atoms with Crippen LogP contribution in [0, 0.1) is 6.92 Å². The number of nitrogens with one attached hydrogen (secondary N) is 1. The first kappa shape index (κ1) is 31.1. The molecule has 0 radical (unpaired) electrons. The van der Waals surface area contributed by atoms with E-state index in [1.165, 1.54) is 31.5 Å². The first-order chi connectivity index (χ1) is 19.9. The number of amides is 1. The number of carbonyl (C=O) groups is 1. The van der Waals surface area contributed by atoms with Crippen molar-refractivity contribution in [2.45, 2.75) is 49.7 Å². The van der Waals surface area contributed by atoms with Gasteiger partial charge in [0.05, 0.1) is 53.7 Å². The smallest absolute Gasteiger partial charge is 0.489 e. The highest BCUT2D eigenvalue weighted by molar-refractivity contribution is 7.91. The van der Waals surface area contributed by atoms with E-state index in [0.717, 1.165) is 11.8 Å². The van der Waals surface area contributed by atoms with Crippen molar-refractivity contribution >= 4 is 21.7 Å². The number of ether oxygens (including phenoxy) is 2. The lowest BCUT2D eigenvalue weighted by molar-refractivity contribution is -0.325. The third-order valence-electron chi connectivity index (χ3n) is 6.64. The average Bonchev–Trinajstić information content (AvgIpc) is 3.38. The topological polar surface area (TPSA) is 144 Å². The molecule has 0 spiro atoms. The quantitative estimate of drug-likeness (QED) is 0.333. The highest BCUT2D eigenvalue weighted by Gasteiger charge is 2.39. The maximum absolute atomic E-state index is 12.8. The van der Waals surface area contributed by atoms with Crippen molar-refractivity contribution < 1.29 is 41.0 Å². The van der Waals surface area contributed by atoms with Crippen molar-refractivity contribution in [1.82, 2.24) is 20.3 Å². The SMILES string of the molecule is CCS(=O)(=O)c1ccc([C@H](CO)NC(=O)c2cnc(N3CC(Oc4ccc(C)cc4)C[C@H]3COC(F)(F)F)nc2)nc1. The van der Waals surface area contributed by atoms with E-state index in [0.29, 0.717) is 5.75 Å². The number of aliphatic hydroxyl groups excluding tert-OH is 1. The molecule has 0 bridgehead atoms. The third-order valence-corrected chi connectivity index (χ3v) is 8.36. The van der Waals surface area contributed by atoms with Gasteiger partial charge in [0.15, 0.2) is 9.84 Å². The molecule has 2 aromatic heterocycles. The van der Waals surface area contributed by atoms with Crippen molar-refractivity contribution in [1.29, 1.82) is 0 Å². The van der Waals surface area contributed by atoms with Gasteiger partial charge < -0.3 is 20.1 Å². The summed E-state index contributed by atoms with van der Waals surface area (Å²) < 4.78 is 72.5. The van der Waals surface area contributed by atoms with Gasteiger partial charge in [0.25, 0.3) is 5.91 Å². The number of sulfone groups is 1. The van der Waals surface area contributed by atoms with E-state index in [1.807, 2.05) is 19.1 Å². The van der Waals surface area contributed by atoms with E-state index in [2.05, 4.69) is 25.0 Å². The molecule has 0 saturated carbocycles. The van der Waals surface area contributed by atoms with Gasteiger partial charge >= 0.3 is 6.36 Å². The first-order valence-corrected chi connectivity index (χ1v) is 14.7. The van der Waals surface area contributed by atoms with Gasteiger partial charge in [-0.25, -0.2) is 18.4 Å². The molecular weight excluding hydrogens is 579 g/mol. The number of rotatable bonds is 11. The van der Waals surface area contributed by atoms with Crippen LogP contribution in [0.25, 0.3) is 0 Å². The summed E-state index contributed by atoms with van der Waals surface area (Å²) in [5.74, 6) is -0.0829. The van der Waals surface area contributed by atoms with Crippen molar-refractivity contribution in [3.8, 4) is 5.75 Å². The number of benzene rings is 1. The lowest BCUT2D eigenvalue weighted by Crippen LogP contribution is -2.37. The summed E-state index contributed by atoms with van der Waals surface area (Å²) in [6.07, 6.45) is -1.46. The first-order valence-electron chi connectivity index (χ1n) is 13.0. The van der Waals surface area contributed by atoms with Crippen LogP contribution in [-0.2, 0) is 14.6 Å². The van der Waals surface area contributed by atoms with Gasteiger partial charge in [0, 0.05) is 25.0 Å². The zero-order valence-electron chi connectivity index (χ0n) is 22.8. The van der Waals surface area contributed by atoms with Crippen LogP contribution < -0.4 is 15.0 Å². The number of alkyl halides is 3. The number of halogens is 3. The summed E-state index contributed by atoms with van der Waals surface area (Å²) >= 11 is 0. The number of aryl methyl sites for hydroxylation is 1. The number of anilines is 1. The minimum absolute atomic E-state index is 0.0214. The molecule has 226 valence electrons. The van der Waals surface area contributed by atoms with Crippen molar-refractivity contribution in [2.24, 2.45) is 0 Å². The second-order valence-electron chi connectivity index (χ2n) is 9.65. The van der Waals surface area contributed by atoms with Crippen LogP contribution in [0.1, 0.15) is 41.0 Å². The molecule has 1 fully saturated rings. The molecule has 3 atom stereocenters. The highest BCUT2D eigenvalue weighted by atomic mass is 32.2. The fourth-order valence-corrected chi connectivity index (χ4v) is 5.17. The molecule has 1 aliphatic heterocycles. The van der Waals surface area contributed by atoms with E-state index in [-0.39, 0.29) is 40.8 Å². The van der Waals surface area contributed by atoms with Gasteiger partial charge in [-0.15, -0.1) is 13.2 Å². The molecule has 1 saturated heterocycles. The molecule has 15 heteroatoms. The Morgan fingerprint density at radius 1 is 1.12 bits per heavy atom. The van der Waals surface area contributed by atoms with E-state index in [9.17, 15) is 31.5 Å². The Labute approximate surface area is 240 Å². The number of hydrogen-bond acceptors (Lipinski definition) is 10. The molecular formula is C27H30F3N5O6S. The third kappa shape index (κ3) is 7.92. The van der Waals surface area contributed by atoms with Crippen molar-refractivity contribution in [3.05, 3.63) is 71.8 Å². The Hall–Kier alpha value is -3.82. The average molecular weight is 610 g/mol. The molecule has 42 heavy (non-hydrogen) atoms. The van der Waals surface area contributed by atoms with Gasteiger partial charge in [-0.2, -0.15) is 0 Å². The Kier molecular flexibility index (Phi) is 9.64. The van der Waals surface area contributed by atoms with Gasteiger partial charge in [0.2, 0.25) is 5.95 Å². The minimum atomic E-state index is -4.81. The Morgan fingerprint density at radius 2 is 1.81 bits per heavy atom. The van der Waals surface area contributed by atoms with Crippen molar-refractivity contribution in [2.75, 3.05) is 30.4 Å². The van der Waals surface area contributed by atoms with E-state index in [4.69, 9.17) is 4.74 Å². The molecule has 3 aromatic rings. The molecule has 4 rings (SSSR count). The van der Waals surface area contributed by atoms with Gasteiger partial charge in [-0.05, 0) is 31.2 Å². The van der Waals surface area contributed by atoms with Crippen LogP contribution >= 0.6 is 0 Å². The van der Waals surface area contributed by atoms with Crippen LogP contribution in [0.15, 0.2) is 59.9 Å². The Bertz CT molecular complexity index is 1460. The summed E-state index contributed by atoms with van der Waals surface area (Å²) in [7, 11) is -3.47. The zero-order valence-corrected chi connectivity index (χ0v) is 23.6. The molecule has 11 nitrogen and oxygen atoms in total. The monoisotopic (exact) mass is 609 g/mol. The van der Waals surface area contributed by atoms with Crippen LogP contribution in [0.4, 0.5) is 19.1 Å². The number of hydrogen-bond donors (Lipinski definition) is 2. The predicted molar refractivity (Wildman–Crippen MR) is 145 cm³/mol. The molecule has 3 heterocycles. The number of nitrogens with zero attached hydrogens (tertiary/aromatic N) is 4.